The van der Waals surface area contributed by atoms with E-state index in [0.29, 0.717) is 0 Å². The maximum Gasteiger partial charge on any atom is 0.404 e. The lowest BCUT2D eigenvalue weighted by atomic mass is 9.60. The second-order valence-corrected chi connectivity index (χ2v) is 6.42. The van der Waals surface area contributed by atoms with E-state index in [2.05, 4.69) is 15.2 Å². The Bertz CT molecular complexity index is 750. The average Bonchev–Trinajstić information content (AvgIpc) is 2.39. The molecule has 2 fully saturated rings. The average molecular weight is 301 g/mol. The number of pyridine rings is 1. The molecule has 2 heterocycles. The molecule has 1 aliphatic heterocycles. The zero-order chi connectivity index (χ0) is 15.3. The number of halogens is 1. The van der Waals surface area contributed by atoms with Crippen LogP contribution >= 0.6 is 0 Å². The van der Waals surface area contributed by atoms with Crippen LogP contribution in [0, 0.1) is 11.2 Å². The standard InChI is InChI=1S/C16H16FN3O2/c17-11-2-3-13-10(5-11)1-4-14(19-13)20-8-16(9-20)6-12(7-16)18-15(21)22/h1-5,12,18H,6-9H2,(H,21,22). The fourth-order valence-corrected chi connectivity index (χ4v) is 3.71. The number of benzene rings is 1. The molecular formula is C16H16FN3O2. The van der Waals surface area contributed by atoms with E-state index in [0.717, 1.165) is 42.7 Å². The van der Waals surface area contributed by atoms with E-state index in [1.54, 1.807) is 6.07 Å². The van der Waals surface area contributed by atoms with E-state index < -0.39 is 6.09 Å². The molecule has 0 radical (unpaired) electrons. The first-order chi connectivity index (χ1) is 10.5. The van der Waals surface area contributed by atoms with Crippen LogP contribution in [0.25, 0.3) is 10.9 Å². The van der Waals surface area contributed by atoms with Crippen molar-refractivity contribution >= 4 is 22.8 Å². The molecule has 1 saturated carbocycles. The van der Waals surface area contributed by atoms with Crippen molar-refractivity contribution in [3.63, 3.8) is 0 Å². The second kappa shape index (κ2) is 4.56. The molecule has 6 heteroatoms. The molecule has 2 aromatic rings. The van der Waals surface area contributed by atoms with Crippen molar-refractivity contribution in [1.29, 1.82) is 0 Å². The Labute approximate surface area is 126 Å². The van der Waals surface area contributed by atoms with Crippen LogP contribution in [-0.4, -0.2) is 35.3 Å². The minimum Gasteiger partial charge on any atom is -0.465 e. The molecule has 2 aliphatic rings. The van der Waals surface area contributed by atoms with Crippen LogP contribution in [0.1, 0.15) is 12.8 Å². The lowest BCUT2D eigenvalue weighted by Gasteiger charge is -2.59. The number of carboxylic acid groups (broad SMARTS) is 1. The van der Waals surface area contributed by atoms with E-state index >= 15 is 0 Å². The van der Waals surface area contributed by atoms with Crippen LogP contribution in [0.5, 0.6) is 0 Å². The smallest absolute Gasteiger partial charge is 0.404 e. The summed E-state index contributed by atoms with van der Waals surface area (Å²) in [6, 6.07) is 8.50. The van der Waals surface area contributed by atoms with E-state index in [1.165, 1.54) is 12.1 Å². The molecular weight excluding hydrogens is 285 g/mol. The Morgan fingerprint density at radius 1 is 1.32 bits per heavy atom. The molecule has 1 aliphatic carbocycles. The fraction of sp³-hybridized carbons (Fsp3) is 0.375. The molecule has 4 rings (SSSR count). The van der Waals surface area contributed by atoms with Gasteiger partial charge in [0.05, 0.1) is 5.52 Å². The van der Waals surface area contributed by atoms with Crippen molar-refractivity contribution < 1.29 is 14.3 Å². The normalized spacial score (nSPS) is 19.8. The summed E-state index contributed by atoms with van der Waals surface area (Å²) in [5.74, 6) is 0.649. The van der Waals surface area contributed by atoms with Crippen LogP contribution < -0.4 is 10.2 Å². The number of aromatic nitrogens is 1. The maximum absolute atomic E-state index is 13.2. The summed E-state index contributed by atoms with van der Waals surface area (Å²) < 4.78 is 13.2. The zero-order valence-electron chi connectivity index (χ0n) is 11.9. The minimum atomic E-state index is -0.945. The Balaban J connectivity index is 1.43. The Morgan fingerprint density at radius 3 is 2.82 bits per heavy atom. The van der Waals surface area contributed by atoms with E-state index in [9.17, 15) is 9.18 Å². The number of rotatable bonds is 2. The summed E-state index contributed by atoms with van der Waals surface area (Å²) >= 11 is 0. The highest BCUT2D eigenvalue weighted by molar-refractivity contribution is 5.80. The van der Waals surface area contributed by atoms with Gasteiger partial charge in [0.2, 0.25) is 0 Å². The summed E-state index contributed by atoms with van der Waals surface area (Å²) in [6.45, 7) is 1.81. The van der Waals surface area contributed by atoms with Crippen molar-refractivity contribution in [2.75, 3.05) is 18.0 Å². The highest BCUT2D eigenvalue weighted by Gasteiger charge is 2.53. The van der Waals surface area contributed by atoms with Crippen molar-refractivity contribution in [3.8, 4) is 0 Å². The van der Waals surface area contributed by atoms with Crippen molar-refractivity contribution in [3.05, 3.63) is 36.1 Å². The van der Waals surface area contributed by atoms with Crippen LogP contribution in [0.15, 0.2) is 30.3 Å². The molecule has 0 unspecified atom stereocenters. The SMILES string of the molecule is O=C(O)NC1CC2(C1)CN(c1ccc3cc(F)ccc3n1)C2. The minimum absolute atomic E-state index is 0.0900. The lowest BCUT2D eigenvalue weighted by Crippen LogP contribution is -2.66. The van der Waals surface area contributed by atoms with Crippen molar-refractivity contribution in [2.24, 2.45) is 5.41 Å². The third-order valence-electron chi connectivity index (χ3n) is 4.70. The number of fused-ring (bicyclic) bond motifs is 1. The largest absolute Gasteiger partial charge is 0.465 e. The molecule has 1 saturated heterocycles. The van der Waals surface area contributed by atoms with Gasteiger partial charge < -0.3 is 15.3 Å². The molecule has 1 spiro atoms. The van der Waals surface area contributed by atoms with Gasteiger partial charge >= 0.3 is 6.09 Å². The second-order valence-electron chi connectivity index (χ2n) is 6.42. The molecule has 1 amide bonds. The third kappa shape index (κ3) is 2.15. The predicted octanol–water partition coefficient (Wildman–Crippen LogP) is 2.61. The summed E-state index contributed by atoms with van der Waals surface area (Å²) in [6.07, 6.45) is 0.850. The van der Waals surface area contributed by atoms with Crippen molar-refractivity contribution in [2.45, 2.75) is 18.9 Å². The Hall–Kier alpha value is -2.37. The van der Waals surface area contributed by atoms with Crippen molar-refractivity contribution in [1.82, 2.24) is 10.3 Å². The van der Waals surface area contributed by atoms with Gasteiger partial charge in [-0.1, -0.05) is 0 Å². The first-order valence-electron chi connectivity index (χ1n) is 7.34. The van der Waals surface area contributed by atoms with Gasteiger partial charge in [-0.3, -0.25) is 0 Å². The number of nitrogens with one attached hydrogen (secondary N) is 1. The first kappa shape index (κ1) is 13.3. The van der Waals surface area contributed by atoms with Gasteiger partial charge in [-0.15, -0.1) is 0 Å². The van der Waals surface area contributed by atoms with Gasteiger partial charge in [-0.25, -0.2) is 14.2 Å². The van der Waals surface area contributed by atoms with Gasteiger partial charge in [0.15, 0.2) is 0 Å². The summed E-state index contributed by atoms with van der Waals surface area (Å²) in [4.78, 5) is 17.4. The molecule has 2 N–H and O–H groups in total. The molecule has 114 valence electrons. The van der Waals surface area contributed by atoms with Gasteiger partial charge in [0, 0.05) is 29.9 Å². The van der Waals surface area contributed by atoms with Crippen LogP contribution in [0.4, 0.5) is 15.0 Å². The number of nitrogens with zero attached hydrogens (tertiary/aromatic N) is 2. The van der Waals surface area contributed by atoms with Gasteiger partial charge in [-0.2, -0.15) is 0 Å². The Kier molecular flexibility index (Phi) is 2.76. The molecule has 1 aromatic carbocycles. The van der Waals surface area contributed by atoms with Gasteiger partial charge in [0.25, 0.3) is 0 Å². The van der Waals surface area contributed by atoms with E-state index in [-0.39, 0.29) is 17.3 Å². The van der Waals surface area contributed by atoms with E-state index in [4.69, 9.17) is 5.11 Å². The van der Waals surface area contributed by atoms with Gasteiger partial charge in [-0.05, 0) is 43.2 Å². The lowest BCUT2D eigenvalue weighted by molar-refractivity contribution is 0.0483. The molecule has 0 bridgehead atoms. The predicted molar refractivity (Wildman–Crippen MR) is 80.5 cm³/mol. The number of anilines is 1. The summed E-state index contributed by atoms with van der Waals surface area (Å²) in [7, 11) is 0. The number of carbonyl (C=O) groups is 1. The van der Waals surface area contributed by atoms with Crippen LogP contribution in [0.3, 0.4) is 0 Å². The number of amides is 1. The fourth-order valence-electron chi connectivity index (χ4n) is 3.71. The van der Waals surface area contributed by atoms with Crippen LogP contribution in [0.2, 0.25) is 0 Å². The first-order valence-corrected chi connectivity index (χ1v) is 7.34. The highest BCUT2D eigenvalue weighted by Crippen LogP contribution is 2.49. The summed E-state index contributed by atoms with van der Waals surface area (Å²) in [5.41, 5.74) is 1.03. The highest BCUT2D eigenvalue weighted by atomic mass is 19.1. The molecule has 0 atom stereocenters. The third-order valence-corrected chi connectivity index (χ3v) is 4.70. The van der Waals surface area contributed by atoms with Crippen LogP contribution in [-0.2, 0) is 0 Å². The zero-order valence-corrected chi connectivity index (χ0v) is 11.9. The van der Waals surface area contributed by atoms with Gasteiger partial charge in [0.1, 0.15) is 11.6 Å². The molecule has 22 heavy (non-hydrogen) atoms. The molecule has 1 aromatic heterocycles. The topological polar surface area (TPSA) is 65.5 Å². The number of hydrogen-bond acceptors (Lipinski definition) is 3. The Morgan fingerprint density at radius 2 is 2.09 bits per heavy atom. The van der Waals surface area contributed by atoms with E-state index in [1.807, 2.05) is 12.1 Å². The maximum atomic E-state index is 13.2. The number of hydrogen-bond donors (Lipinski definition) is 2. The molecule has 5 nitrogen and oxygen atoms in total. The summed E-state index contributed by atoms with van der Waals surface area (Å²) in [5, 5.41) is 12.0. The quantitative estimate of drug-likeness (QED) is 0.895. The monoisotopic (exact) mass is 301 g/mol.